The first-order chi connectivity index (χ1) is 17.6. The Morgan fingerprint density at radius 1 is 0.974 bits per heavy atom. The first kappa shape index (κ1) is 27.1. The van der Waals surface area contributed by atoms with Gasteiger partial charge in [-0.25, -0.2) is 0 Å². The van der Waals surface area contributed by atoms with E-state index in [2.05, 4.69) is 0 Å². The highest BCUT2D eigenvalue weighted by Crippen LogP contribution is 2.71. The number of benzene rings is 1. The summed E-state index contributed by atoms with van der Waals surface area (Å²) in [7, 11) is 0. The third kappa shape index (κ3) is 3.51. The van der Waals surface area contributed by atoms with Crippen LogP contribution in [0.5, 0.6) is 0 Å². The molecule has 2 fully saturated rings. The second-order valence-electron chi connectivity index (χ2n) is 11.3. The highest BCUT2D eigenvalue weighted by Gasteiger charge is 2.84. The average Bonchev–Trinajstić information content (AvgIpc) is 3.14. The molecule has 206 valence electrons. The van der Waals surface area contributed by atoms with Crippen LogP contribution in [0.3, 0.4) is 0 Å². The number of aliphatic hydroxyl groups is 1. The summed E-state index contributed by atoms with van der Waals surface area (Å²) >= 11 is 0. The zero-order valence-electron chi connectivity index (χ0n) is 20.6. The number of ketones is 1. The molecular weight excluding hydrogens is 517 g/mol. The number of rotatable bonds is 4. The van der Waals surface area contributed by atoms with E-state index in [1.165, 1.54) is 19.1 Å². The van der Waals surface area contributed by atoms with Crippen molar-refractivity contribution in [1.82, 2.24) is 0 Å². The van der Waals surface area contributed by atoms with Gasteiger partial charge in [-0.15, -0.1) is 0 Å². The van der Waals surface area contributed by atoms with Crippen LogP contribution >= 0.6 is 0 Å². The fraction of sp³-hybridized carbons (Fsp3) is 0.571. The molecule has 0 saturated heterocycles. The lowest BCUT2D eigenvalue weighted by Crippen LogP contribution is -2.69. The van der Waals surface area contributed by atoms with Crippen LogP contribution in [0, 0.1) is 17.3 Å². The van der Waals surface area contributed by atoms with E-state index in [1.807, 2.05) is 0 Å². The molecule has 1 N–H and O–H groups in total. The SMILES string of the molecule is C[C@]12C[C@H](c3ccc(C=O)cc3)C3=C4CCC(=O)C=C4CC[C@H]3[C@@H]1CC[C@@]2(O)C(F)(F)C(F)(F)C(F)(F)F. The molecule has 0 aromatic heterocycles. The minimum absolute atomic E-state index is 0.0281. The molecule has 0 amide bonds. The summed E-state index contributed by atoms with van der Waals surface area (Å²) in [5, 5.41) is 11.3. The molecule has 0 unspecified atom stereocenters. The number of allylic oxidation sites excluding steroid dienone is 4. The van der Waals surface area contributed by atoms with Crippen LogP contribution in [0.4, 0.5) is 30.7 Å². The maximum Gasteiger partial charge on any atom is 0.459 e. The number of halogens is 7. The monoisotopic (exact) mass is 544 g/mol. The van der Waals surface area contributed by atoms with Crippen molar-refractivity contribution in [2.24, 2.45) is 17.3 Å². The Hall–Kier alpha value is -2.49. The van der Waals surface area contributed by atoms with Crippen LogP contribution in [0.15, 0.2) is 47.1 Å². The topological polar surface area (TPSA) is 54.4 Å². The van der Waals surface area contributed by atoms with Crippen molar-refractivity contribution in [1.29, 1.82) is 0 Å². The largest absolute Gasteiger partial charge is 0.459 e. The quantitative estimate of drug-likeness (QED) is 0.329. The van der Waals surface area contributed by atoms with Crippen molar-refractivity contribution in [2.75, 3.05) is 0 Å². The van der Waals surface area contributed by atoms with Crippen LogP contribution in [-0.4, -0.2) is 40.8 Å². The fourth-order valence-corrected chi connectivity index (χ4v) is 7.72. The number of fused-ring (bicyclic) bond motifs is 4. The number of hydrogen-bond acceptors (Lipinski definition) is 3. The molecule has 0 bridgehead atoms. The molecule has 10 heteroatoms. The summed E-state index contributed by atoms with van der Waals surface area (Å²) in [5.74, 6) is -14.1. The predicted octanol–water partition coefficient (Wildman–Crippen LogP) is 6.96. The van der Waals surface area contributed by atoms with Gasteiger partial charge in [0.25, 0.3) is 0 Å². The van der Waals surface area contributed by atoms with Gasteiger partial charge in [0.05, 0.1) is 0 Å². The second kappa shape index (κ2) is 8.50. The lowest BCUT2D eigenvalue weighted by molar-refractivity contribution is -0.400. The van der Waals surface area contributed by atoms with Crippen molar-refractivity contribution in [3.05, 3.63) is 58.2 Å². The van der Waals surface area contributed by atoms with Gasteiger partial charge in [0.2, 0.25) is 0 Å². The van der Waals surface area contributed by atoms with E-state index in [0.717, 1.165) is 16.7 Å². The lowest BCUT2D eigenvalue weighted by Gasteiger charge is -2.56. The van der Waals surface area contributed by atoms with E-state index in [9.17, 15) is 36.6 Å². The van der Waals surface area contributed by atoms with Crippen molar-refractivity contribution >= 4 is 12.1 Å². The van der Waals surface area contributed by atoms with Crippen LogP contribution < -0.4 is 0 Å². The minimum atomic E-state index is -6.55. The van der Waals surface area contributed by atoms with Gasteiger partial charge in [0.1, 0.15) is 11.9 Å². The summed E-state index contributed by atoms with van der Waals surface area (Å²) in [5.41, 5.74) is -2.02. The third-order valence-electron chi connectivity index (χ3n) is 9.63. The van der Waals surface area contributed by atoms with Gasteiger partial charge >= 0.3 is 18.0 Å². The molecule has 0 aliphatic heterocycles. The van der Waals surface area contributed by atoms with E-state index < -0.39 is 53.2 Å². The van der Waals surface area contributed by atoms with E-state index in [0.29, 0.717) is 36.7 Å². The molecule has 1 aromatic rings. The molecule has 5 atom stereocenters. The van der Waals surface area contributed by atoms with Crippen molar-refractivity contribution in [3.63, 3.8) is 0 Å². The van der Waals surface area contributed by atoms with Gasteiger partial charge in [0.15, 0.2) is 5.78 Å². The highest BCUT2D eigenvalue weighted by molar-refractivity contribution is 5.93. The smallest absolute Gasteiger partial charge is 0.383 e. The Kier molecular flexibility index (Phi) is 6.06. The van der Waals surface area contributed by atoms with Crippen molar-refractivity contribution in [3.8, 4) is 0 Å². The lowest BCUT2D eigenvalue weighted by atomic mass is 9.50. The first-order valence-electron chi connectivity index (χ1n) is 12.7. The number of carbonyl (C=O) groups excluding carboxylic acids is 2. The molecule has 4 aliphatic carbocycles. The zero-order valence-corrected chi connectivity index (χ0v) is 20.6. The van der Waals surface area contributed by atoms with Gasteiger partial charge in [-0.2, -0.15) is 30.7 Å². The summed E-state index contributed by atoms with van der Waals surface area (Å²) in [6.07, 6.45) is -4.13. The van der Waals surface area contributed by atoms with E-state index >= 15 is 8.78 Å². The molecular formula is C28H27F7O3. The van der Waals surface area contributed by atoms with Crippen LogP contribution in [0.2, 0.25) is 0 Å². The number of aldehydes is 1. The number of carbonyl (C=O) groups is 2. The Bertz CT molecular complexity index is 1230. The van der Waals surface area contributed by atoms with E-state index in [4.69, 9.17) is 0 Å². The minimum Gasteiger partial charge on any atom is -0.383 e. The predicted molar refractivity (Wildman–Crippen MR) is 123 cm³/mol. The van der Waals surface area contributed by atoms with Gasteiger partial charge in [-0.05, 0) is 73.1 Å². The third-order valence-corrected chi connectivity index (χ3v) is 9.63. The Labute approximate surface area is 214 Å². The summed E-state index contributed by atoms with van der Waals surface area (Å²) in [6, 6.07) is 6.28. The molecule has 1 aromatic carbocycles. The van der Waals surface area contributed by atoms with Crippen LogP contribution in [0.1, 0.15) is 73.7 Å². The molecule has 0 spiro atoms. The maximum atomic E-state index is 15.3. The van der Waals surface area contributed by atoms with Crippen molar-refractivity contribution < 1.29 is 45.4 Å². The highest BCUT2D eigenvalue weighted by atomic mass is 19.4. The van der Waals surface area contributed by atoms with Crippen LogP contribution in [-0.2, 0) is 4.79 Å². The normalized spacial score (nSPS) is 33.9. The summed E-state index contributed by atoms with van der Waals surface area (Å²) in [6.45, 7) is 1.22. The molecule has 5 rings (SSSR count). The molecule has 0 heterocycles. The molecule has 2 saturated carbocycles. The van der Waals surface area contributed by atoms with Gasteiger partial charge in [-0.1, -0.05) is 36.8 Å². The Morgan fingerprint density at radius 2 is 1.63 bits per heavy atom. The number of hydrogen-bond donors (Lipinski definition) is 1. The second-order valence-corrected chi connectivity index (χ2v) is 11.3. The van der Waals surface area contributed by atoms with E-state index in [-0.39, 0.29) is 25.0 Å². The van der Waals surface area contributed by atoms with Crippen LogP contribution in [0.25, 0.3) is 0 Å². The fourth-order valence-electron chi connectivity index (χ4n) is 7.72. The summed E-state index contributed by atoms with van der Waals surface area (Å²) in [4.78, 5) is 23.3. The molecule has 38 heavy (non-hydrogen) atoms. The molecule has 3 nitrogen and oxygen atoms in total. The Balaban J connectivity index is 1.68. The zero-order chi connectivity index (χ0) is 27.9. The first-order valence-corrected chi connectivity index (χ1v) is 12.7. The Morgan fingerprint density at radius 3 is 2.24 bits per heavy atom. The maximum absolute atomic E-state index is 15.3. The summed E-state index contributed by atoms with van der Waals surface area (Å²) < 4.78 is 98.9. The van der Waals surface area contributed by atoms with Crippen molar-refractivity contribution in [2.45, 2.75) is 81.4 Å². The van der Waals surface area contributed by atoms with Gasteiger partial charge < -0.3 is 5.11 Å². The van der Waals surface area contributed by atoms with Gasteiger partial charge in [0, 0.05) is 23.3 Å². The van der Waals surface area contributed by atoms with Gasteiger partial charge in [-0.3, -0.25) is 9.59 Å². The van der Waals surface area contributed by atoms with E-state index in [1.54, 1.807) is 18.2 Å². The molecule has 4 aliphatic rings. The average molecular weight is 545 g/mol. The standard InChI is InChI=1S/C28H27F7O3/c1-24-13-21(16-4-2-15(14-36)3-5-16)23-19-9-7-18(37)12-17(19)6-8-20(23)22(24)10-11-25(24,38)26(29,30)27(31,32)28(33,34)35/h2-5,12,14,20-22,38H,6-11,13H2,1H3/t20-,21+,22-,24-,25-/m0/s1. The molecule has 0 radical (unpaired) electrons. The number of alkyl halides is 7.